The van der Waals surface area contributed by atoms with Crippen LogP contribution in [0.25, 0.3) is 0 Å². The monoisotopic (exact) mass is 130 g/mol. The molecule has 0 aliphatic rings. The van der Waals surface area contributed by atoms with Crippen LogP contribution >= 0.6 is 0 Å². The molecule has 0 rings (SSSR count). The van der Waals surface area contributed by atoms with Crippen molar-refractivity contribution in [3.63, 3.8) is 0 Å². The maximum Gasteiger partial charge on any atom is 0.154 e. The van der Waals surface area contributed by atoms with E-state index in [0.29, 0.717) is 0 Å². The van der Waals surface area contributed by atoms with Gasteiger partial charge in [-0.2, -0.15) is 0 Å². The molecule has 9 heavy (non-hydrogen) atoms. The predicted octanol–water partition coefficient (Wildman–Crippen LogP) is -0.0307. The van der Waals surface area contributed by atoms with Gasteiger partial charge in [0.15, 0.2) is 5.78 Å². The first-order chi connectivity index (χ1) is 4.09. The fraction of sp³-hybridized carbons (Fsp3) is 0.833. The molecule has 3 heteroatoms. The largest absolute Gasteiger partial charge is 0.319 e. The Labute approximate surface area is 54.9 Å². The van der Waals surface area contributed by atoms with Gasteiger partial charge in [0, 0.05) is 5.92 Å². The van der Waals surface area contributed by atoms with Crippen LogP contribution in [0.2, 0.25) is 0 Å². The molecule has 0 saturated carbocycles. The number of nitrogens with two attached hydrogens (primary N) is 1. The molecule has 3 nitrogen and oxygen atoms in total. The number of carbonyl (C=O) groups is 1. The summed E-state index contributed by atoms with van der Waals surface area (Å²) in [5, 5.41) is 10.0. The van der Waals surface area contributed by atoms with Crippen LogP contribution in [-0.2, 0) is 9.90 Å². The lowest BCUT2D eigenvalue weighted by Gasteiger charge is -2.07. The van der Waals surface area contributed by atoms with Crippen molar-refractivity contribution in [1.82, 2.24) is 0 Å². The van der Waals surface area contributed by atoms with E-state index in [1.807, 2.05) is 0 Å². The maximum absolute atomic E-state index is 10.7. The Morgan fingerprint density at radius 3 is 2.11 bits per heavy atom. The minimum Gasteiger partial charge on any atom is -0.319 e. The molecule has 0 heterocycles. The summed E-state index contributed by atoms with van der Waals surface area (Å²) in [6.07, 6.45) is 0. The number of ketones is 1. The summed E-state index contributed by atoms with van der Waals surface area (Å²) in [7, 11) is 0. The third-order valence-electron chi connectivity index (χ3n) is 1.11. The normalized spacial score (nSPS) is 13.9. The van der Waals surface area contributed by atoms with Crippen LogP contribution < -0.4 is 5.73 Å². The lowest BCUT2D eigenvalue weighted by atomic mass is 10.0. The Morgan fingerprint density at radius 1 is 1.56 bits per heavy atom. The molecular weight excluding hydrogens is 118 g/mol. The van der Waals surface area contributed by atoms with E-state index in [1.54, 1.807) is 13.8 Å². The number of rotatable bonds is 3. The number of hydrogen-bond acceptors (Lipinski definition) is 2. The zero-order chi connectivity index (χ0) is 7.44. The van der Waals surface area contributed by atoms with E-state index in [-0.39, 0.29) is 11.7 Å². The van der Waals surface area contributed by atoms with Crippen LogP contribution in [0.15, 0.2) is 0 Å². The Hall–Kier alpha value is -0.410. The summed E-state index contributed by atoms with van der Waals surface area (Å²) in [5.41, 5.74) is 5.16. The van der Waals surface area contributed by atoms with Crippen LogP contribution in [0, 0.1) is 5.92 Å². The van der Waals surface area contributed by atoms with Crippen LogP contribution in [0.3, 0.4) is 0 Å². The van der Waals surface area contributed by atoms with E-state index >= 15 is 0 Å². The van der Waals surface area contributed by atoms with Crippen molar-refractivity contribution in [3.8, 4) is 0 Å². The summed E-state index contributed by atoms with van der Waals surface area (Å²) < 4.78 is 0. The predicted molar refractivity (Wildman–Crippen MR) is 33.4 cm³/mol. The average molecular weight is 130 g/mol. The van der Waals surface area contributed by atoms with Gasteiger partial charge in [0.1, 0.15) is 6.61 Å². The Bertz CT molecular complexity index is 101. The highest BCUT2D eigenvalue weighted by Crippen LogP contribution is 1.96. The van der Waals surface area contributed by atoms with Gasteiger partial charge in [-0.1, -0.05) is 13.8 Å². The summed E-state index contributed by atoms with van der Waals surface area (Å²) in [4.78, 5) is 10.7. The molecule has 0 spiro atoms. The second kappa shape index (κ2) is 3.58. The fourth-order valence-electron chi connectivity index (χ4n) is 0.510. The molecule has 1 atom stereocenters. The topological polar surface area (TPSA) is 63.0 Å². The van der Waals surface area contributed by atoms with E-state index < -0.39 is 12.6 Å². The molecule has 0 aromatic heterocycles. The van der Waals surface area contributed by atoms with Crippen molar-refractivity contribution < 1.29 is 9.90 Å². The Morgan fingerprint density at radius 2 is 2.00 bits per heavy atom. The zero-order valence-corrected chi connectivity index (χ0v) is 5.76. The van der Waals surface area contributed by atoms with E-state index in [2.05, 4.69) is 0 Å². The highest BCUT2D eigenvalue weighted by atomic mass is 16.3. The molecule has 0 aromatic carbocycles. The molecule has 1 radical (unpaired) electrons. The van der Waals surface area contributed by atoms with Crippen LogP contribution in [0.1, 0.15) is 13.8 Å². The van der Waals surface area contributed by atoms with Gasteiger partial charge < -0.3 is 5.73 Å². The van der Waals surface area contributed by atoms with Gasteiger partial charge in [0.05, 0.1) is 6.04 Å². The molecule has 2 N–H and O–H groups in total. The van der Waals surface area contributed by atoms with Crippen molar-refractivity contribution in [2.75, 3.05) is 6.61 Å². The first-order valence-electron chi connectivity index (χ1n) is 2.97. The number of Topliss-reactive ketones (excluding diaryl/α,β-unsaturated/α-hetero) is 1. The first-order valence-corrected chi connectivity index (χ1v) is 2.97. The van der Waals surface area contributed by atoms with E-state index in [1.165, 1.54) is 0 Å². The molecule has 53 valence electrons. The summed E-state index contributed by atoms with van der Waals surface area (Å²) in [6.45, 7) is 2.96. The second-order valence-electron chi connectivity index (χ2n) is 2.33. The minimum atomic E-state index is -0.801. The Balaban J connectivity index is 3.73. The standard InChI is InChI=1S/C6H12NO2/c1-4(2)6(9)5(7)3-8/h4-5H,3,7H2,1-2H3. The van der Waals surface area contributed by atoms with Gasteiger partial charge in [-0.05, 0) is 0 Å². The molecule has 0 saturated heterocycles. The molecular formula is C6H12NO2. The summed E-state index contributed by atoms with van der Waals surface area (Å²) in [6, 6.07) is -0.801. The third kappa shape index (κ3) is 2.58. The van der Waals surface area contributed by atoms with E-state index in [4.69, 9.17) is 5.73 Å². The molecule has 0 amide bonds. The van der Waals surface area contributed by atoms with Crippen molar-refractivity contribution in [2.24, 2.45) is 11.7 Å². The average Bonchev–Trinajstić information content (AvgIpc) is 1.84. The molecule has 0 bridgehead atoms. The minimum absolute atomic E-state index is 0.117. The molecule has 0 fully saturated rings. The van der Waals surface area contributed by atoms with Crippen molar-refractivity contribution in [3.05, 3.63) is 0 Å². The molecule has 1 unspecified atom stereocenters. The highest BCUT2D eigenvalue weighted by molar-refractivity contribution is 5.85. The summed E-state index contributed by atoms with van der Waals surface area (Å²) in [5.74, 6) is -0.265. The fourth-order valence-corrected chi connectivity index (χ4v) is 0.510. The molecule has 0 aliphatic carbocycles. The maximum atomic E-state index is 10.7. The van der Waals surface area contributed by atoms with Gasteiger partial charge >= 0.3 is 0 Å². The Kier molecular flexibility index (Phi) is 3.42. The van der Waals surface area contributed by atoms with E-state index in [9.17, 15) is 9.90 Å². The van der Waals surface area contributed by atoms with Gasteiger partial charge in [-0.15, -0.1) is 0 Å². The van der Waals surface area contributed by atoms with Gasteiger partial charge in [-0.3, -0.25) is 4.79 Å². The van der Waals surface area contributed by atoms with Crippen molar-refractivity contribution in [2.45, 2.75) is 19.9 Å². The second-order valence-corrected chi connectivity index (χ2v) is 2.33. The first kappa shape index (κ1) is 8.59. The van der Waals surface area contributed by atoms with Crippen LogP contribution in [0.5, 0.6) is 0 Å². The number of carbonyl (C=O) groups excluding carboxylic acids is 1. The smallest absolute Gasteiger partial charge is 0.154 e. The van der Waals surface area contributed by atoms with E-state index in [0.717, 1.165) is 0 Å². The van der Waals surface area contributed by atoms with Gasteiger partial charge in [-0.25, -0.2) is 5.11 Å². The summed E-state index contributed by atoms with van der Waals surface area (Å²) >= 11 is 0. The van der Waals surface area contributed by atoms with Gasteiger partial charge in [0.2, 0.25) is 0 Å². The van der Waals surface area contributed by atoms with Crippen molar-refractivity contribution in [1.29, 1.82) is 0 Å². The lowest BCUT2D eigenvalue weighted by Crippen LogP contribution is -2.36. The zero-order valence-electron chi connectivity index (χ0n) is 5.76. The molecule has 0 aromatic rings. The quantitative estimate of drug-likeness (QED) is 0.583. The number of hydrogen-bond donors (Lipinski definition) is 1. The van der Waals surface area contributed by atoms with Gasteiger partial charge in [0.25, 0.3) is 0 Å². The highest BCUT2D eigenvalue weighted by Gasteiger charge is 2.15. The third-order valence-corrected chi connectivity index (χ3v) is 1.11. The van der Waals surface area contributed by atoms with Crippen LogP contribution in [-0.4, -0.2) is 18.4 Å². The molecule has 0 aliphatic heterocycles. The van der Waals surface area contributed by atoms with Crippen molar-refractivity contribution >= 4 is 5.78 Å². The van der Waals surface area contributed by atoms with Crippen LogP contribution in [0.4, 0.5) is 0 Å². The lowest BCUT2D eigenvalue weighted by molar-refractivity contribution is -0.124. The SMILES string of the molecule is CC(C)C(=O)C(N)C[O].